The average Bonchev–Trinajstić information content (AvgIpc) is 2.60. The molecule has 0 saturated heterocycles. The highest BCUT2D eigenvalue weighted by atomic mass is 79.9. The molecule has 14 heavy (non-hydrogen) atoms. The van der Waals surface area contributed by atoms with Crippen molar-refractivity contribution in [2.75, 3.05) is 0 Å². The molecular weight excluding hydrogens is 263 g/mol. The maximum Gasteiger partial charge on any atom is 0.169 e. The minimum Gasteiger partial charge on any atom is -0.454 e. The molecule has 0 aliphatic heterocycles. The molecule has 0 radical (unpaired) electrons. The predicted octanol–water partition coefficient (Wildman–Crippen LogP) is 4.38. The van der Waals surface area contributed by atoms with E-state index in [0.717, 1.165) is 29.7 Å². The van der Waals surface area contributed by atoms with Crippen molar-refractivity contribution in [3.8, 4) is 0 Å². The Kier molecular flexibility index (Phi) is 2.94. The minimum absolute atomic E-state index is 0.337. The summed E-state index contributed by atoms with van der Waals surface area (Å²) < 4.78 is 6.34. The van der Waals surface area contributed by atoms with Crippen molar-refractivity contribution in [3.63, 3.8) is 0 Å². The summed E-state index contributed by atoms with van der Waals surface area (Å²) in [5.41, 5.74) is 0.337. The van der Waals surface area contributed by atoms with Crippen LogP contribution in [0.15, 0.2) is 21.2 Å². The Morgan fingerprint density at radius 3 is 2.93 bits per heavy atom. The van der Waals surface area contributed by atoms with Crippen LogP contribution in [0.4, 0.5) is 0 Å². The van der Waals surface area contributed by atoms with Crippen molar-refractivity contribution in [1.29, 1.82) is 0 Å². The van der Waals surface area contributed by atoms with E-state index in [4.69, 9.17) is 16.0 Å². The first-order chi connectivity index (χ1) is 6.57. The highest BCUT2D eigenvalue weighted by molar-refractivity contribution is 9.10. The fourth-order valence-electron chi connectivity index (χ4n) is 2.27. The van der Waals surface area contributed by atoms with E-state index in [0.29, 0.717) is 10.8 Å². The normalized spacial score (nSPS) is 32.4. The van der Waals surface area contributed by atoms with Gasteiger partial charge in [-0.1, -0.05) is 6.92 Å². The van der Waals surface area contributed by atoms with E-state index >= 15 is 0 Å². The molecule has 1 aliphatic rings. The van der Waals surface area contributed by atoms with Gasteiger partial charge in [0.25, 0.3) is 0 Å². The van der Waals surface area contributed by atoms with Gasteiger partial charge in [-0.05, 0) is 52.7 Å². The monoisotopic (exact) mass is 276 g/mol. The van der Waals surface area contributed by atoms with Crippen LogP contribution in [0.5, 0.6) is 0 Å². The molecular formula is C11H14BrClO. The quantitative estimate of drug-likeness (QED) is 0.731. The third kappa shape index (κ3) is 2.34. The molecule has 1 aliphatic carbocycles. The van der Waals surface area contributed by atoms with Crippen LogP contribution in [0, 0.1) is 5.41 Å². The van der Waals surface area contributed by atoms with Gasteiger partial charge < -0.3 is 4.42 Å². The van der Waals surface area contributed by atoms with Gasteiger partial charge in [-0.2, -0.15) is 0 Å². The summed E-state index contributed by atoms with van der Waals surface area (Å²) in [6.45, 7) is 2.30. The fraction of sp³-hybridized carbons (Fsp3) is 0.636. The standard InChI is InChI=1S/C11H14BrClO/c1-11(5-4-8(13)6-11)7-9-2-3-10(12)14-9/h2-3,8H,4-7H2,1H3. The number of rotatable bonds is 2. The first kappa shape index (κ1) is 10.6. The van der Waals surface area contributed by atoms with E-state index in [1.807, 2.05) is 12.1 Å². The largest absolute Gasteiger partial charge is 0.454 e. The first-order valence-electron chi connectivity index (χ1n) is 4.96. The van der Waals surface area contributed by atoms with Crippen LogP contribution >= 0.6 is 27.5 Å². The smallest absolute Gasteiger partial charge is 0.169 e. The molecule has 3 heteroatoms. The molecule has 1 fully saturated rings. The second kappa shape index (κ2) is 3.90. The van der Waals surface area contributed by atoms with Crippen molar-refractivity contribution in [2.45, 2.75) is 38.0 Å². The SMILES string of the molecule is CC1(Cc2ccc(Br)o2)CCC(Cl)C1. The van der Waals surface area contributed by atoms with E-state index in [1.54, 1.807) is 0 Å². The molecule has 1 nitrogen and oxygen atoms in total. The highest BCUT2D eigenvalue weighted by Gasteiger charge is 2.34. The summed E-state index contributed by atoms with van der Waals surface area (Å²) in [4.78, 5) is 0. The van der Waals surface area contributed by atoms with Crippen molar-refractivity contribution in [3.05, 3.63) is 22.6 Å². The predicted molar refractivity (Wildman–Crippen MR) is 61.7 cm³/mol. The topological polar surface area (TPSA) is 13.1 Å². The molecule has 1 saturated carbocycles. The maximum absolute atomic E-state index is 6.13. The van der Waals surface area contributed by atoms with Crippen LogP contribution in [0.25, 0.3) is 0 Å². The van der Waals surface area contributed by atoms with Gasteiger partial charge in [-0.15, -0.1) is 11.6 Å². The van der Waals surface area contributed by atoms with Crippen LogP contribution in [0.3, 0.4) is 0 Å². The maximum atomic E-state index is 6.13. The van der Waals surface area contributed by atoms with Crippen molar-refractivity contribution < 1.29 is 4.42 Å². The third-order valence-electron chi connectivity index (χ3n) is 3.01. The molecule has 1 heterocycles. The van der Waals surface area contributed by atoms with Crippen LogP contribution in [0.1, 0.15) is 31.9 Å². The van der Waals surface area contributed by atoms with Crippen LogP contribution in [-0.4, -0.2) is 5.38 Å². The molecule has 0 spiro atoms. The number of halogens is 2. The number of alkyl halides is 1. The molecule has 0 N–H and O–H groups in total. The summed E-state index contributed by atoms with van der Waals surface area (Å²) in [6.07, 6.45) is 4.45. The zero-order chi connectivity index (χ0) is 10.2. The fourth-order valence-corrected chi connectivity index (χ4v) is 3.09. The Bertz CT molecular complexity index is 323. The number of hydrogen-bond donors (Lipinski definition) is 0. The summed E-state index contributed by atoms with van der Waals surface area (Å²) >= 11 is 9.45. The minimum atomic E-state index is 0.337. The molecule has 2 atom stereocenters. The molecule has 2 rings (SSSR count). The van der Waals surface area contributed by atoms with Crippen molar-refractivity contribution in [2.24, 2.45) is 5.41 Å². The van der Waals surface area contributed by atoms with Gasteiger partial charge in [0.15, 0.2) is 4.67 Å². The second-order valence-corrected chi connectivity index (χ2v) is 5.93. The molecule has 0 bridgehead atoms. The lowest BCUT2D eigenvalue weighted by Crippen LogP contribution is -2.15. The third-order valence-corrected chi connectivity index (χ3v) is 3.80. The van der Waals surface area contributed by atoms with E-state index in [2.05, 4.69) is 22.9 Å². The molecule has 1 aromatic rings. The van der Waals surface area contributed by atoms with E-state index in [-0.39, 0.29) is 0 Å². The van der Waals surface area contributed by atoms with Gasteiger partial charge in [0.1, 0.15) is 5.76 Å². The highest BCUT2D eigenvalue weighted by Crippen LogP contribution is 2.43. The van der Waals surface area contributed by atoms with E-state index in [9.17, 15) is 0 Å². The van der Waals surface area contributed by atoms with Crippen LogP contribution in [-0.2, 0) is 6.42 Å². The van der Waals surface area contributed by atoms with Gasteiger partial charge in [0, 0.05) is 11.8 Å². The summed E-state index contributed by atoms with van der Waals surface area (Å²) in [5, 5.41) is 0.360. The zero-order valence-electron chi connectivity index (χ0n) is 8.22. The van der Waals surface area contributed by atoms with Gasteiger partial charge in [-0.25, -0.2) is 0 Å². The van der Waals surface area contributed by atoms with Crippen LogP contribution < -0.4 is 0 Å². The first-order valence-corrected chi connectivity index (χ1v) is 6.19. The molecule has 0 amide bonds. The lowest BCUT2D eigenvalue weighted by molar-refractivity contribution is 0.303. The molecule has 2 unspecified atom stereocenters. The Morgan fingerprint density at radius 1 is 1.64 bits per heavy atom. The zero-order valence-corrected chi connectivity index (χ0v) is 10.6. The van der Waals surface area contributed by atoms with Crippen LogP contribution in [0.2, 0.25) is 0 Å². The molecule has 1 aromatic heterocycles. The molecule has 0 aromatic carbocycles. The van der Waals surface area contributed by atoms with Gasteiger partial charge in [-0.3, -0.25) is 0 Å². The Balaban J connectivity index is 2.03. The second-order valence-electron chi connectivity index (χ2n) is 4.53. The summed E-state index contributed by atoms with van der Waals surface area (Å²) in [5.74, 6) is 1.06. The van der Waals surface area contributed by atoms with E-state index in [1.165, 1.54) is 6.42 Å². The van der Waals surface area contributed by atoms with Crippen molar-refractivity contribution in [1.82, 2.24) is 0 Å². The Labute approximate surface area is 97.9 Å². The number of furan rings is 1. The lowest BCUT2D eigenvalue weighted by atomic mass is 9.84. The average molecular weight is 278 g/mol. The van der Waals surface area contributed by atoms with E-state index < -0.39 is 0 Å². The van der Waals surface area contributed by atoms with Crippen molar-refractivity contribution >= 4 is 27.5 Å². The molecule has 78 valence electrons. The summed E-state index contributed by atoms with van der Waals surface area (Å²) in [7, 11) is 0. The Hall–Kier alpha value is 0.0500. The van der Waals surface area contributed by atoms with Gasteiger partial charge in [0.2, 0.25) is 0 Å². The lowest BCUT2D eigenvalue weighted by Gasteiger charge is -2.21. The van der Waals surface area contributed by atoms with Gasteiger partial charge in [0.05, 0.1) is 0 Å². The Morgan fingerprint density at radius 2 is 2.43 bits per heavy atom. The van der Waals surface area contributed by atoms with Gasteiger partial charge >= 0.3 is 0 Å². The number of hydrogen-bond acceptors (Lipinski definition) is 1. The summed E-state index contributed by atoms with van der Waals surface area (Å²) in [6, 6.07) is 3.99.